The van der Waals surface area contributed by atoms with Gasteiger partial charge in [-0.15, -0.1) is 0 Å². The van der Waals surface area contributed by atoms with Crippen molar-refractivity contribution in [2.24, 2.45) is 5.73 Å². The van der Waals surface area contributed by atoms with Gasteiger partial charge in [-0.3, -0.25) is 14.7 Å². The molecule has 0 saturated heterocycles. The molecule has 0 amide bonds. The summed E-state index contributed by atoms with van der Waals surface area (Å²) in [4.78, 5) is 16.6. The lowest BCUT2D eigenvalue weighted by molar-refractivity contribution is -0.138. The molecule has 0 aliphatic heterocycles. The molecular weight excluding hydrogens is 232 g/mol. The fraction of sp³-hybridized carbons (Fsp3) is 0.500. The average molecular weight is 252 g/mol. The zero-order valence-corrected chi connectivity index (χ0v) is 10.4. The molecule has 1 aromatic heterocycles. The maximum Gasteiger partial charge on any atom is 0.317 e. The fourth-order valence-corrected chi connectivity index (χ4v) is 1.60. The van der Waals surface area contributed by atoms with E-state index in [4.69, 9.17) is 10.8 Å². The molecule has 6 heteroatoms. The predicted octanol–water partition coefficient (Wildman–Crippen LogP) is -0.483. The summed E-state index contributed by atoms with van der Waals surface area (Å²) >= 11 is 0. The van der Waals surface area contributed by atoms with Crippen molar-refractivity contribution in [3.63, 3.8) is 0 Å². The molecule has 0 fully saturated rings. The van der Waals surface area contributed by atoms with Gasteiger partial charge in [-0.2, -0.15) is 0 Å². The summed E-state index contributed by atoms with van der Waals surface area (Å²) in [5.74, 6) is -0.826. The van der Waals surface area contributed by atoms with Crippen molar-refractivity contribution in [2.45, 2.75) is 6.54 Å². The van der Waals surface area contributed by atoms with Crippen LogP contribution < -0.4 is 11.1 Å². The molecule has 0 unspecified atom stereocenters. The Bertz CT molecular complexity index is 345. The van der Waals surface area contributed by atoms with E-state index in [-0.39, 0.29) is 6.54 Å². The van der Waals surface area contributed by atoms with Crippen molar-refractivity contribution in [3.05, 3.63) is 30.1 Å². The summed E-state index contributed by atoms with van der Waals surface area (Å²) in [6.07, 6.45) is 1.75. The summed E-state index contributed by atoms with van der Waals surface area (Å²) in [5, 5.41) is 12.0. The van der Waals surface area contributed by atoms with Crippen LogP contribution in [0.25, 0.3) is 0 Å². The first-order valence-electron chi connectivity index (χ1n) is 5.97. The summed E-state index contributed by atoms with van der Waals surface area (Å²) in [5.41, 5.74) is 6.41. The lowest BCUT2D eigenvalue weighted by Gasteiger charge is -2.19. The van der Waals surface area contributed by atoms with Gasteiger partial charge in [0.2, 0.25) is 0 Å². The molecule has 0 spiro atoms. The van der Waals surface area contributed by atoms with Crippen molar-refractivity contribution in [1.82, 2.24) is 15.2 Å². The van der Waals surface area contributed by atoms with Crippen molar-refractivity contribution >= 4 is 5.97 Å². The van der Waals surface area contributed by atoms with E-state index < -0.39 is 5.97 Å². The van der Waals surface area contributed by atoms with E-state index in [1.807, 2.05) is 23.1 Å². The summed E-state index contributed by atoms with van der Waals surface area (Å²) in [6.45, 7) is 3.15. The first-order valence-corrected chi connectivity index (χ1v) is 5.97. The number of rotatable bonds is 9. The second kappa shape index (κ2) is 8.57. The zero-order chi connectivity index (χ0) is 13.2. The summed E-state index contributed by atoms with van der Waals surface area (Å²) < 4.78 is 0. The van der Waals surface area contributed by atoms with Crippen molar-refractivity contribution in [3.8, 4) is 0 Å². The molecule has 18 heavy (non-hydrogen) atoms. The minimum absolute atomic E-state index is 0.0302. The van der Waals surface area contributed by atoms with E-state index in [9.17, 15) is 4.79 Å². The minimum atomic E-state index is -0.826. The van der Waals surface area contributed by atoms with E-state index in [1.54, 1.807) is 6.20 Å². The highest BCUT2D eigenvalue weighted by Crippen LogP contribution is 1.92. The average Bonchev–Trinajstić information content (AvgIpc) is 2.35. The van der Waals surface area contributed by atoms with Crippen LogP contribution in [-0.4, -0.2) is 53.7 Å². The second-order valence-corrected chi connectivity index (χ2v) is 3.96. The highest BCUT2D eigenvalue weighted by molar-refractivity contribution is 5.69. The van der Waals surface area contributed by atoms with Gasteiger partial charge in [0.05, 0.1) is 12.2 Å². The van der Waals surface area contributed by atoms with Gasteiger partial charge >= 0.3 is 5.97 Å². The Hall–Kier alpha value is -1.50. The normalized spacial score (nSPS) is 10.8. The number of aliphatic carboxylic acids is 1. The van der Waals surface area contributed by atoms with Gasteiger partial charge in [-0.25, -0.2) is 0 Å². The Morgan fingerprint density at radius 1 is 1.44 bits per heavy atom. The second-order valence-electron chi connectivity index (χ2n) is 3.96. The Labute approximate surface area is 107 Å². The van der Waals surface area contributed by atoms with E-state index >= 15 is 0 Å². The number of carboxylic acids is 1. The number of nitrogens with two attached hydrogens (primary N) is 1. The standard InChI is InChI=1S/C12H20N4O2/c13-4-7-16(10-12(17)18)8-6-14-9-11-3-1-2-5-15-11/h1-3,5,14H,4,6-10,13H2,(H,17,18). The quantitative estimate of drug-likeness (QED) is 0.514. The molecule has 0 atom stereocenters. The fourth-order valence-electron chi connectivity index (χ4n) is 1.60. The molecule has 0 radical (unpaired) electrons. The molecular formula is C12H20N4O2. The van der Waals surface area contributed by atoms with Gasteiger partial charge in [-0.05, 0) is 12.1 Å². The minimum Gasteiger partial charge on any atom is -0.480 e. The topological polar surface area (TPSA) is 91.5 Å². The van der Waals surface area contributed by atoms with Gasteiger partial charge in [-0.1, -0.05) is 6.07 Å². The molecule has 100 valence electrons. The number of carbonyl (C=O) groups is 1. The first kappa shape index (κ1) is 14.6. The van der Waals surface area contributed by atoms with Crippen LogP contribution in [0.2, 0.25) is 0 Å². The molecule has 0 aromatic carbocycles. The zero-order valence-electron chi connectivity index (χ0n) is 10.4. The number of hydrogen-bond donors (Lipinski definition) is 3. The van der Waals surface area contributed by atoms with Crippen LogP contribution in [0.4, 0.5) is 0 Å². The van der Waals surface area contributed by atoms with Gasteiger partial charge in [0.1, 0.15) is 0 Å². The van der Waals surface area contributed by atoms with Crippen LogP contribution in [-0.2, 0) is 11.3 Å². The Balaban J connectivity index is 2.20. The maximum atomic E-state index is 10.6. The van der Waals surface area contributed by atoms with E-state index in [2.05, 4.69) is 10.3 Å². The monoisotopic (exact) mass is 252 g/mol. The Morgan fingerprint density at radius 2 is 2.28 bits per heavy atom. The third-order valence-electron chi connectivity index (χ3n) is 2.44. The lowest BCUT2D eigenvalue weighted by Crippen LogP contribution is -2.38. The Kier molecular flexibility index (Phi) is 6.93. The van der Waals surface area contributed by atoms with Gasteiger partial charge in [0.15, 0.2) is 0 Å². The molecule has 1 aromatic rings. The molecule has 6 nitrogen and oxygen atoms in total. The van der Waals surface area contributed by atoms with E-state index in [0.717, 1.165) is 5.69 Å². The molecule has 0 aliphatic rings. The number of aromatic nitrogens is 1. The third-order valence-corrected chi connectivity index (χ3v) is 2.44. The lowest BCUT2D eigenvalue weighted by atomic mass is 10.3. The number of nitrogens with one attached hydrogen (secondary N) is 1. The largest absolute Gasteiger partial charge is 0.480 e. The van der Waals surface area contributed by atoms with E-state index in [0.29, 0.717) is 32.7 Å². The smallest absolute Gasteiger partial charge is 0.317 e. The molecule has 0 saturated carbocycles. The van der Waals surface area contributed by atoms with Crippen molar-refractivity contribution in [1.29, 1.82) is 0 Å². The highest BCUT2D eigenvalue weighted by Gasteiger charge is 2.07. The van der Waals surface area contributed by atoms with Crippen molar-refractivity contribution in [2.75, 3.05) is 32.7 Å². The third kappa shape index (κ3) is 6.29. The molecule has 1 rings (SSSR count). The van der Waals surface area contributed by atoms with Gasteiger partial charge in [0, 0.05) is 38.9 Å². The van der Waals surface area contributed by atoms with Crippen LogP contribution in [0.3, 0.4) is 0 Å². The van der Waals surface area contributed by atoms with Crippen LogP contribution in [0, 0.1) is 0 Å². The predicted molar refractivity (Wildman–Crippen MR) is 69.1 cm³/mol. The van der Waals surface area contributed by atoms with Crippen LogP contribution in [0.1, 0.15) is 5.69 Å². The molecule has 0 aliphatic carbocycles. The highest BCUT2D eigenvalue weighted by atomic mass is 16.4. The molecule has 0 bridgehead atoms. The van der Waals surface area contributed by atoms with Crippen LogP contribution in [0.5, 0.6) is 0 Å². The number of carboxylic acid groups (broad SMARTS) is 1. The molecule has 1 heterocycles. The number of hydrogen-bond acceptors (Lipinski definition) is 5. The van der Waals surface area contributed by atoms with Crippen LogP contribution in [0.15, 0.2) is 24.4 Å². The maximum absolute atomic E-state index is 10.6. The van der Waals surface area contributed by atoms with E-state index in [1.165, 1.54) is 0 Å². The number of pyridine rings is 1. The SMILES string of the molecule is NCCN(CCNCc1ccccn1)CC(=O)O. The van der Waals surface area contributed by atoms with Gasteiger partial charge in [0.25, 0.3) is 0 Å². The van der Waals surface area contributed by atoms with Gasteiger partial charge < -0.3 is 16.2 Å². The number of nitrogens with zero attached hydrogens (tertiary/aromatic N) is 2. The summed E-state index contributed by atoms with van der Waals surface area (Å²) in [7, 11) is 0. The van der Waals surface area contributed by atoms with Crippen LogP contribution >= 0.6 is 0 Å². The summed E-state index contributed by atoms with van der Waals surface area (Å²) in [6, 6.07) is 5.76. The first-order chi connectivity index (χ1) is 8.72. The molecule has 4 N–H and O–H groups in total. The Morgan fingerprint density at radius 3 is 2.89 bits per heavy atom. The van der Waals surface area contributed by atoms with Crippen molar-refractivity contribution < 1.29 is 9.90 Å².